The molecule has 3 N–H and O–H groups in total. The first-order chi connectivity index (χ1) is 15.0. The largest absolute Gasteiger partial charge is 0.365 e. The zero-order chi connectivity index (χ0) is 21.8. The Morgan fingerprint density at radius 2 is 1.58 bits per heavy atom. The quantitative estimate of drug-likeness (QED) is 0.336. The van der Waals surface area contributed by atoms with Crippen LogP contribution in [0.1, 0.15) is 11.1 Å². The Bertz CT molecular complexity index is 1220. The van der Waals surface area contributed by atoms with Crippen molar-refractivity contribution in [3.05, 3.63) is 89.0 Å². The number of carbonyl (C=O) groups is 1. The number of nitrogens with one attached hydrogen (secondary N) is 3. The minimum atomic E-state index is -0.408. The standard InChI is InChI=1S/C23H19ClFN5O/c1-14-2-11-19-20(12-14)29-22(24)30-21(19)26-13-15-3-7-17(8-4-15)27-23(31)28-18-9-5-16(25)6-10-18/h2-12H,13H2,1H3,(H,26,29,30)(H2,27,28,31). The fourth-order valence-corrected chi connectivity index (χ4v) is 3.24. The lowest BCUT2D eigenvalue weighted by Gasteiger charge is -2.11. The predicted octanol–water partition coefficient (Wildman–Crippen LogP) is 5.99. The van der Waals surface area contributed by atoms with Crippen molar-refractivity contribution in [2.75, 3.05) is 16.0 Å². The highest BCUT2D eigenvalue weighted by Crippen LogP contribution is 2.24. The van der Waals surface area contributed by atoms with Gasteiger partial charge >= 0.3 is 6.03 Å². The van der Waals surface area contributed by atoms with Gasteiger partial charge in [0.2, 0.25) is 5.28 Å². The van der Waals surface area contributed by atoms with Gasteiger partial charge in [-0.05, 0) is 78.2 Å². The molecule has 4 aromatic rings. The van der Waals surface area contributed by atoms with E-state index in [1.807, 2.05) is 37.3 Å². The molecule has 0 saturated carbocycles. The van der Waals surface area contributed by atoms with Gasteiger partial charge in [-0.1, -0.05) is 18.2 Å². The molecule has 0 aliphatic heterocycles. The van der Waals surface area contributed by atoms with E-state index in [9.17, 15) is 9.18 Å². The Kier molecular flexibility index (Phi) is 5.95. The van der Waals surface area contributed by atoms with Gasteiger partial charge in [0.25, 0.3) is 0 Å². The third-order valence-electron chi connectivity index (χ3n) is 4.60. The molecule has 31 heavy (non-hydrogen) atoms. The first kappa shape index (κ1) is 20.6. The zero-order valence-electron chi connectivity index (χ0n) is 16.6. The van der Waals surface area contributed by atoms with Crippen LogP contribution in [0, 0.1) is 12.7 Å². The van der Waals surface area contributed by atoms with Crippen LogP contribution in [0.3, 0.4) is 0 Å². The Morgan fingerprint density at radius 1 is 0.935 bits per heavy atom. The maximum Gasteiger partial charge on any atom is 0.323 e. The van der Waals surface area contributed by atoms with Crippen LogP contribution < -0.4 is 16.0 Å². The molecule has 0 spiro atoms. The van der Waals surface area contributed by atoms with E-state index in [0.717, 1.165) is 22.0 Å². The molecule has 0 aliphatic rings. The maximum atomic E-state index is 12.9. The molecule has 6 nitrogen and oxygen atoms in total. The third kappa shape index (κ3) is 5.26. The number of amides is 2. The SMILES string of the molecule is Cc1ccc2c(NCc3ccc(NC(=O)Nc4ccc(F)cc4)cc3)nc(Cl)nc2c1. The van der Waals surface area contributed by atoms with E-state index in [4.69, 9.17) is 11.6 Å². The molecule has 1 aromatic heterocycles. The van der Waals surface area contributed by atoms with Gasteiger partial charge in [-0.2, -0.15) is 0 Å². The molecule has 0 fully saturated rings. The number of anilines is 3. The van der Waals surface area contributed by atoms with Crippen LogP contribution >= 0.6 is 11.6 Å². The minimum Gasteiger partial charge on any atom is -0.365 e. The van der Waals surface area contributed by atoms with Crippen LogP contribution in [0.5, 0.6) is 0 Å². The Morgan fingerprint density at radius 3 is 2.26 bits per heavy atom. The monoisotopic (exact) mass is 435 g/mol. The molecule has 0 bridgehead atoms. The number of halogens is 2. The average molecular weight is 436 g/mol. The van der Waals surface area contributed by atoms with Crippen molar-refractivity contribution in [3.63, 3.8) is 0 Å². The van der Waals surface area contributed by atoms with E-state index in [-0.39, 0.29) is 11.1 Å². The van der Waals surface area contributed by atoms with Crippen LogP contribution in [-0.2, 0) is 6.54 Å². The number of rotatable bonds is 5. The number of hydrogen-bond donors (Lipinski definition) is 3. The number of aromatic nitrogens is 2. The summed E-state index contributed by atoms with van der Waals surface area (Å²) < 4.78 is 12.9. The number of benzene rings is 3. The van der Waals surface area contributed by atoms with Crippen molar-refractivity contribution in [2.45, 2.75) is 13.5 Å². The lowest BCUT2D eigenvalue weighted by atomic mass is 10.1. The second-order valence-electron chi connectivity index (χ2n) is 7.00. The minimum absolute atomic E-state index is 0.187. The van der Waals surface area contributed by atoms with Crippen molar-refractivity contribution in [3.8, 4) is 0 Å². The van der Waals surface area contributed by atoms with Crippen molar-refractivity contribution in [1.29, 1.82) is 0 Å². The van der Waals surface area contributed by atoms with Gasteiger partial charge in [0.1, 0.15) is 11.6 Å². The van der Waals surface area contributed by atoms with Crippen LogP contribution in [-0.4, -0.2) is 16.0 Å². The first-order valence-corrected chi connectivity index (χ1v) is 9.94. The average Bonchev–Trinajstić information content (AvgIpc) is 2.74. The lowest BCUT2D eigenvalue weighted by Crippen LogP contribution is -2.19. The summed E-state index contributed by atoms with van der Waals surface area (Å²) in [6.45, 7) is 2.52. The van der Waals surface area contributed by atoms with Crippen LogP contribution in [0.2, 0.25) is 5.28 Å². The van der Waals surface area contributed by atoms with E-state index in [0.29, 0.717) is 23.7 Å². The highest BCUT2D eigenvalue weighted by Gasteiger charge is 2.08. The molecule has 3 aromatic carbocycles. The van der Waals surface area contributed by atoms with Gasteiger partial charge in [-0.15, -0.1) is 0 Å². The number of fused-ring (bicyclic) bond motifs is 1. The lowest BCUT2D eigenvalue weighted by molar-refractivity contribution is 0.262. The van der Waals surface area contributed by atoms with Gasteiger partial charge in [0.15, 0.2) is 0 Å². The third-order valence-corrected chi connectivity index (χ3v) is 4.77. The van der Waals surface area contributed by atoms with E-state index >= 15 is 0 Å². The molecule has 4 rings (SSSR count). The molecule has 0 unspecified atom stereocenters. The summed E-state index contributed by atoms with van der Waals surface area (Å²) >= 11 is 6.07. The van der Waals surface area contributed by atoms with Gasteiger partial charge < -0.3 is 16.0 Å². The van der Waals surface area contributed by atoms with Gasteiger partial charge in [-0.25, -0.2) is 19.2 Å². The summed E-state index contributed by atoms with van der Waals surface area (Å²) in [6, 6.07) is 18.5. The molecule has 1 heterocycles. The van der Waals surface area contributed by atoms with Crippen molar-refractivity contribution >= 4 is 45.7 Å². The summed E-state index contributed by atoms with van der Waals surface area (Å²) in [5.41, 5.74) is 4.02. The van der Waals surface area contributed by atoms with Crippen molar-refractivity contribution in [2.24, 2.45) is 0 Å². The smallest absolute Gasteiger partial charge is 0.323 e. The molecular weight excluding hydrogens is 417 g/mol. The summed E-state index contributed by atoms with van der Waals surface area (Å²) in [4.78, 5) is 20.7. The van der Waals surface area contributed by atoms with Crippen LogP contribution in [0.4, 0.5) is 26.4 Å². The number of aryl methyl sites for hydroxylation is 1. The van der Waals surface area contributed by atoms with E-state index in [1.54, 1.807) is 12.1 Å². The highest BCUT2D eigenvalue weighted by atomic mass is 35.5. The van der Waals surface area contributed by atoms with Crippen molar-refractivity contribution < 1.29 is 9.18 Å². The predicted molar refractivity (Wildman–Crippen MR) is 122 cm³/mol. The van der Waals surface area contributed by atoms with Gasteiger partial charge in [0, 0.05) is 23.3 Å². The van der Waals surface area contributed by atoms with Gasteiger partial charge in [0.05, 0.1) is 5.52 Å². The normalized spacial score (nSPS) is 10.7. The Labute approximate surface area is 183 Å². The Hall–Kier alpha value is -3.71. The maximum absolute atomic E-state index is 12.9. The molecule has 0 saturated heterocycles. The zero-order valence-corrected chi connectivity index (χ0v) is 17.4. The second kappa shape index (κ2) is 8.97. The van der Waals surface area contributed by atoms with E-state index in [2.05, 4.69) is 25.9 Å². The molecule has 0 atom stereocenters. The molecule has 156 valence electrons. The summed E-state index contributed by atoms with van der Waals surface area (Å²) in [6.07, 6.45) is 0. The fourth-order valence-electron chi connectivity index (χ4n) is 3.06. The number of carbonyl (C=O) groups excluding carboxylic acids is 1. The fraction of sp³-hybridized carbons (Fsp3) is 0.0870. The van der Waals surface area contributed by atoms with Crippen molar-refractivity contribution in [1.82, 2.24) is 9.97 Å². The van der Waals surface area contributed by atoms with E-state index < -0.39 is 6.03 Å². The molecule has 0 radical (unpaired) electrons. The Balaban J connectivity index is 1.38. The summed E-state index contributed by atoms with van der Waals surface area (Å²) in [7, 11) is 0. The number of urea groups is 1. The molecule has 2 amide bonds. The topological polar surface area (TPSA) is 78.9 Å². The van der Waals surface area contributed by atoms with Gasteiger partial charge in [-0.3, -0.25) is 0 Å². The molecule has 8 heteroatoms. The van der Waals surface area contributed by atoms with E-state index in [1.165, 1.54) is 24.3 Å². The summed E-state index contributed by atoms with van der Waals surface area (Å²) in [5, 5.41) is 9.77. The summed E-state index contributed by atoms with van der Waals surface area (Å²) in [5.74, 6) is 0.304. The second-order valence-corrected chi connectivity index (χ2v) is 7.34. The van der Waals surface area contributed by atoms with Crippen LogP contribution in [0.15, 0.2) is 66.7 Å². The number of hydrogen-bond acceptors (Lipinski definition) is 4. The molecular formula is C23H19ClFN5O. The highest BCUT2D eigenvalue weighted by molar-refractivity contribution is 6.28. The van der Waals surface area contributed by atoms with Crippen LogP contribution in [0.25, 0.3) is 10.9 Å². The molecule has 0 aliphatic carbocycles. The first-order valence-electron chi connectivity index (χ1n) is 9.56. The number of nitrogens with zero attached hydrogens (tertiary/aromatic N) is 2.